The average Bonchev–Trinajstić information content (AvgIpc) is 2.40. The number of nitrogens with zero attached hydrogens (tertiary/aromatic N) is 1. The summed E-state index contributed by atoms with van der Waals surface area (Å²) >= 11 is 0. The quantitative estimate of drug-likeness (QED) is 0.917. The molecule has 0 spiro atoms. The van der Waals surface area contributed by atoms with Gasteiger partial charge in [-0.15, -0.1) is 0 Å². The Morgan fingerprint density at radius 2 is 1.90 bits per heavy atom. The number of benzene rings is 1. The van der Waals surface area contributed by atoms with Crippen molar-refractivity contribution >= 4 is 0 Å². The molecule has 0 amide bonds. The molecule has 2 nitrogen and oxygen atoms in total. The molecule has 0 aromatic heterocycles. The number of hydrogen-bond donors (Lipinski definition) is 1. The zero-order valence-electron chi connectivity index (χ0n) is 12.2. The largest absolute Gasteiger partial charge is 0.390 e. The van der Waals surface area contributed by atoms with Gasteiger partial charge >= 0.3 is 0 Å². The van der Waals surface area contributed by atoms with Crippen molar-refractivity contribution in [3.63, 3.8) is 0 Å². The Balaban J connectivity index is 1.66. The first-order chi connectivity index (χ1) is 9.57. The van der Waals surface area contributed by atoms with Crippen molar-refractivity contribution in [2.45, 2.75) is 62.6 Å². The van der Waals surface area contributed by atoms with Crippen molar-refractivity contribution in [1.29, 1.82) is 0 Å². The summed E-state index contributed by atoms with van der Waals surface area (Å²) in [5.41, 5.74) is 0.120. The van der Waals surface area contributed by atoms with E-state index in [1.54, 1.807) is 6.07 Å². The van der Waals surface area contributed by atoms with Crippen molar-refractivity contribution in [2.75, 3.05) is 7.05 Å². The molecule has 1 aromatic rings. The van der Waals surface area contributed by atoms with Gasteiger partial charge in [0, 0.05) is 12.1 Å². The first kappa shape index (κ1) is 14.0. The second-order valence-corrected chi connectivity index (χ2v) is 6.63. The summed E-state index contributed by atoms with van der Waals surface area (Å²) in [5.74, 6) is -0.149. The highest BCUT2D eigenvalue weighted by Crippen LogP contribution is 2.40. The first-order valence-electron chi connectivity index (χ1n) is 7.75. The van der Waals surface area contributed by atoms with Crippen LogP contribution in [0.1, 0.15) is 44.1 Å². The average molecular weight is 277 g/mol. The van der Waals surface area contributed by atoms with E-state index in [4.69, 9.17) is 0 Å². The minimum atomic E-state index is -0.607. The Morgan fingerprint density at radius 3 is 2.55 bits per heavy atom. The molecule has 2 atom stereocenters. The molecule has 2 unspecified atom stereocenters. The van der Waals surface area contributed by atoms with Gasteiger partial charge in [-0.25, -0.2) is 4.39 Å². The number of fused-ring (bicyclic) bond motifs is 2. The molecule has 110 valence electrons. The van der Waals surface area contributed by atoms with E-state index in [1.807, 2.05) is 12.1 Å². The third-order valence-corrected chi connectivity index (χ3v) is 5.28. The molecule has 3 heteroatoms. The Morgan fingerprint density at radius 1 is 1.25 bits per heavy atom. The number of rotatable bonds is 3. The molecule has 2 heterocycles. The molecule has 2 bridgehead atoms. The van der Waals surface area contributed by atoms with Crippen LogP contribution in [0, 0.1) is 5.82 Å². The van der Waals surface area contributed by atoms with Gasteiger partial charge in [-0.2, -0.15) is 0 Å². The van der Waals surface area contributed by atoms with Gasteiger partial charge in [0.1, 0.15) is 5.82 Å². The molecule has 3 rings (SSSR count). The molecule has 20 heavy (non-hydrogen) atoms. The third-order valence-electron chi connectivity index (χ3n) is 5.28. The highest BCUT2D eigenvalue weighted by atomic mass is 19.1. The Kier molecular flexibility index (Phi) is 3.83. The molecule has 2 aliphatic rings. The number of aryl methyl sites for hydroxylation is 1. The van der Waals surface area contributed by atoms with Crippen LogP contribution in [-0.2, 0) is 6.42 Å². The molecule has 1 N–H and O–H groups in total. The van der Waals surface area contributed by atoms with Gasteiger partial charge in [-0.05, 0) is 57.2 Å². The van der Waals surface area contributed by atoms with Gasteiger partial charge < -0.3 is 10.0 Å². The minimum absolute atomic E-state index is 0.149. The van der Waals surface area contributed by atoms with E-state index in [0.717, 1.165) is 18.4 Å². The first-order valence-corrected chi connectivity index (χ1v) is 7.75. The van der Waals surface area contributed by atoms with Gasteiger partial charge in [0.05, 0.1) is 5.60 Å². The zero-order chi connectivity index (χ0) is 14.2. The third kappa shape index (κ3) is 2.75. The van der Waals surface area contributed by atoms with Gasteiger partial charge in [0.2, 0.25) is 0 Å². The maximum Gasteiger partial charge on any atom is 0.126 e. The predicted octanol–water partition coefficient (Wildman–Crippen LogP) is 3.14. The molecule has 2 fully saturated rings. The minimum Gasteiger partial charge on any atom is -0.390 e. The standard InChI is InChI=1S/C17H24FNO/c1-19-14-6-4-7-15(19)12-17(20,11-14)10-9-13-5-2-3-8-16(13)18/h2-3,5,8,14-15,20H,4,6-7,9-12H2,1H3. The van der Waals surface area contributed by atoms with Crippen molar-refractivity contribution in [3.8, 4) is 0 Å². The van der Waals surface area contributed by atoms with Crippen LogP contribution in [0.5, 0.6) is 0 Å². The topological polar surface area (TPSA) is 23.5 Å². The smallest absolute Gasteiger partial charge is 0.126 e. The molecule has 0 aliphatic carbocycles. The van der Waals surface area contributed by atoms with Gasteiger partial charge in [-0.3, -0.25) is 0 Å². The lowest BCUT2D eigenvalue weighted by Gasteiger charge is -2.50. The van der Waals surface area contributed by atoms with E-state index < -0.39 is 5.60 Å². The van der Waals surface area contributed by atoms with E-state index in [-0.39, 0.29) is 5.82 Å². The fraction of sp³-hybridized carbons (Fsp3) is 0.647. The number of halogens is 1. The van der Waals surface area contributed by atoms with Gasteiger partial charge in [-0.1, -0.05) is 24.6 Å². The molecule has 0 radical (unpaired) electrons. The predicted molar refractivity (Wildman–Crippen MR) is 78.1 cm³/mol. The summed E-state index contributed by atoms with van der Waals surface area (Å²) in [6, 6.07) is 7.93. The van der Waals surface area contributed by atoms with Crippen LogP contribution >= 0.6 is 0 Å². The maximum atomic E-state index is 13.7. The van der Waals surface area contributed by atoms with Gasteiger partial charge in [0.15, 0.2) is 0 Å². The summed E-state index contributed by atoms with van der Waals surface area (Å²) in [4.78, 5) is 2.45. The lowest BCUT2D eigenvalue weighted by Crippen LogP contribution is -2.56. The molecule has 2 saturated heterocycles. The normalized spacial score (nSPS) is 34.1. The van der Waals surface area contributed by atoms with Crippen LogP contribution in [0.15, 0.2) is 24.3 Å². The summed E-state index contributed by atoms with van der Waals surface area (Å²) in [6.45, 7) is 0. The summed E-state index contributed by atoms with van der Waals surface area (Å²) in [6.07, 6.45) is 6.65. The number of aliphatic hydroxyl groups is 1. The van der Waals surface area contributed by atoms with Crippen molar-refractivity contribution < 1.29 is 9.50 Å². The van der Waals surface area contributed by atoms with Crippen molar-refractivity contribution in [3.05, 3.63) is 35.6 Å². The van der Waals surface area contributed by atoms with Crippen LogP contribution in [0.2, 0.25) is 0 Å². The fourth-order valence-corrected chi connectivity index (χ4v) is 4.02. The molecular weight excluding hydrogens is 253 g/mol. The second kappa shape index (κ2) is 5.45. The molecule has 0 saturated carbocycles. The van der Waals surface area contributed by atoms with E-state index in [1.165, 1.54) is 25.3 Å². The summed E-state index contributed by atoms with van der Waals surface area (Å²) < 4.78 is 13.7. The zero-order valence-corrected chi connectivity index (χ0v) is 12.2. The molecular formula is C17H24FNO. The monoisotopic (exact) mass is 277 g/mol. The van der Waals surface area contributed by atoms with Crippen LogP contribution < -0.4 is 0 Å². The van der Waals surface area contributed by atoms with Gasteiger partial charge in [0.25, 0.3) is 0 Å². The molecule has 1 aromatic carbocycles. The maximum absolute atomic E-state index is 13.7. The SMILES string of the molecule is CN1C2CCCC1CC(O)(CCc1ccccc1F)C2. The van der Waals surface area contributed by atoms with Crippen molar-refractivity contribution in [2.24, 2.45) is 0 Å². The van der Waals surface area contributed by atoms with Crippen LogP contribution in [0.25, 0.3) is 0 Å². The second-order valence-electron chi connectivity index (χ2n) is 6.63. The van der Waals surface area contributed by atoms with Crippen LogP contribution in [0.3, 0.4) is 0 Å². The summed E-state index contributed by atoms with van der Waals surface area (Å²) in [7, 11) is 2.19. The summed E-state index contributed by atoms with van der Waals surface area (Å²) in [5, 5.41) is 10.9. The number of hydrogen-bond acceptors (Lipinski definition) is 2. The van der Waals surface area contributed by atoms with Crippen LogP contribution in [0.4, 0.5) is 4.39 Å². The van der Waals surface area contributed by atoms with E-state index in [0.29, 0.717) is 24.9 Å². The molecule has 2 aliphatic heterocycles. The lowest BCUT2D eigenvalue weighted by molar-refractivity contribution is -0.0866. The highest BCUT2D eigenvalue weighted by Gasteiger charge is 2.43. The Bertz CT molecular complexity index is 462. The number of piperidine rings is 2. The highest BCUT2D eigenvalue weighted by molar-refractivity contribution is 5.18. The van der Waals surface area contributed by atoms with Crippen molar-refractivity contribution in [1.82, 2.24) is 4.90 Å². The van der Waals surface area contributed by atoms with E-state index in [9.17, 15) is 9.50 Å². The fourth-order valence-electron chi connectivity index (χ4n) is 4.02. The Labute approximate surface area is 120 Å². The van der Waals surface area contributed by atoms with E-state index in [2.05, 4.69) is 11.9 Å². The lowest BCUT2D eigenvalue weighted by atomic mass is 9.73. The van der Waals surface area contributed by atoms with E-state index >= 15 is 0 Å². The Hall–Kier alpha value is -0.930. The van der Waals surface area contributed by atoms with Crippen LogP contribution in [-0.4, -0.2) is 34.7 Å².